The van der Waals surface area contributed by atoms with Gasteiger partial charge in [-0.1, -0.05) is 0 Å². The number of alkyl halides is 3. The second-order valence-corrected chi connectivity index (χ2v) is 6.55. The monoisotopic (exact) mass is 443 g/mol. The van der Waals surface area contributed by atoms with Crippen LogP contribution in [0.2, 0.25) is 0 Å². The number of benzene rings is 1. The molecule has 1 atom stereocenters. The fraction of sp³-hybridized carbons (Fsp3) is 0.350. The molecule has 0 aliphatic heterocycles. The molecule has 0 bridgehead atoms. The molecule has 0 radical (unpaired) electrons. The number of halogens is 4. The van der Waals surface area contributed by atoms with Crippen LogP contribution >= 0.6 is 0 Å². The minimum atomic E-state index is -4.48. The first-order valence-corrected chi connectivity index (χ1v) is 9.25. The molecule has 168 valence electrons. The van der Waals surface area contributed by atoms with Gasteiger partial charge in [0.1, 0.15) is 11.6 Å². The second kappa shape index (κ2) is 11.3. The van der Waals surface area contributed by atoms with Gasteiger partial charge in [-0.25, -0.2) is 4.39 Å². The molecule has 3 N–H and O–H groups in total. The van der Waals surface area contributed by atoms with Crippen LogP contribution in [0.3, 0.4) is 0 Å². The van der Waals surface area contributed by atoms with E-state index < -0.39 is 35.5 Å². The van der Waals surface area contributed by atoms with Gasteiger partial charge in [-0.2, -0.15) is 13.2 Å². The van der Waals surface area contributed by atoms with Crippen molar-refractivity contribution in [3.05, 3.63) is 59.7 Å². The van der Waals surface area contributed by atoms with Crippen molar-refractivity contribution in [1.29, 1.82) is 0 Å². The predicted octanol–water partition coefficient (Wildman–Crippen LogP) is 2.19. The molecule has 1 aromatic carbocycles. The van der Waals surface area contributed by atoms with Gasteiger partial charge in [-0.3, -0.25) is 14.6 Å². The van der Waals surface area contributed by atoms with E-state index in [4.69, 9.17) is 4.74 Å². The third-order valence-electron chi connectivity index (χ3n) is 4.02. The van der Waals surface area contributed by atoms with E-state index in [9.17, 15) is 32.3 Å². The number of aliphatic hydroxyl groups is 1. The molecule has 0 spiro atoms. The number of carbonyl (C=O) groups is 2. The topological polar surface area (TPSA) is 101 Å². The number of pyridine rings is 1. The van der Waals surface area contributed by atoms with Crippen LogP contribution in [0.4, 0.5) is 17.6 Å². The highest BCUT2D eigenvalue weighted by molar-refractivity contribution is 5.77. The minimum Gasteiger partial charge on any atom is -0.484 e. The van der Waals surface area contributed by atoms with Crippen LogP contribution in [-0.4, -0.2) is 41.2 Å². The number of aromatic nitrogens is 1. The fourth-order valence-electron chi connectivity index (χ4n) is 2.38. The maximum atomic E-state index is 12.8. The second-order valence-electron chi connectivity index (χ2n) is 6.55. The van der Waals surface area contributed by atoms with Gasteiger partial charge < -0.3 is 20.5 Å². The summed E-state index contributed by atoms with van der Waals surface area (Å²) in [5, 5.41) is 14.8. The first-order chi connectivity index (χ1) is 14.6. The maximum absolute atomic E-state index is 12.8. The van der Waals surface area contributed by atoms with Gasteiger partial charge in [0.25, 0.3) is 5.91 Å². The van der Waals surface area contributed by atoms with Crippen LogP contribution in [0, 0.1) is 5.82 Å². The molecule has 1 aromatic heterocycles. The minimum absolute atomic E-state index is 0.0822. The summed E-state index contributed by atoms with van der Waals surface area (Å²) in [6, 6.07) is 7.18. The van der Waals surface area contributed by atoms with Crippen molar-refractivity contribution in [2.24, 2.45) is 0 Å². The summed E-state index contributed by atoms with van der Waals surface area (Å²) in [5.41, 5.74) is -0.646. The highest BCUT2D eigenvalue weighted by Gasteiger charge is 2.30. The number of hydrogen-bond donors (Lipinski definition) is 3. The number of carbonyl (C=O) groups excluding carboxylic acids is 2. The molecular weight excluding hydrogens is 422 g/mol. The molecule has 2 aromatic rings. The van der Waals surface area contributed by atoms with E-state index in [1.54, 1.807) is 0 Å². The van der Waals surface area contributed by atoms with Crippen LogP contribution in [0.1, 0.15) is 24.1 Å². The Bertz CT molecular complexity index is 858. The van der Waals surface area contributed by atoms with Gasteiger partial charge in [-0.15, -0.1) is 0 Å². The van der Waals surface area contributed by atoms with Crippen LogP contribution in [0.25, 0.3) is 0 Å². The van der Waals surface area contributed by atoms with E-state index in [2.05, 4.69) is 15.6 Å². The molecule has 7 nitrogen and oxygen atoms in total. The van der Waals surface area contributed by atoms with Crippen LogP contribution in [0.5, 0.6) is 5.75 Å². The van der Waals surface area contributed by atoms with Gasteiger partial charge in [0.2, 0.25) is 5.91 Å². The summed E-state index contributed by atoms with van der Waals surface area (Å²) >= 11 is 0. The van der Waals surface area contributed by atoms with Crippen molar-refractivity contribution in [1.82, 2.24) is 15.6 Å². The van der Waals surface area contributed by atoms with Gasteiger partial charge >= 0.3 is 6.18 Å². The predicted molar refractivity (Wildman–Crippen MR) is 101 cm³/mol. The van der Waals surface area contributed by atoms with Crippen molar-refractivity contribution in [3.8, 4) is 5.75 Å². The summed E-state index contributed by atoms with van der Waals surface area (Å²) in [6.45, 7) is -0.274. The Labute approximate surface area is 175 Å². The highest BCUT2D eigenvalue weighted by Crippen LogP contribution is 2.28. The molecule has 1 unspecified atom stereocenters. The first kappa shape index (κ1) is 24.1. The quantitative estimate of drug-likeness (QED) is 0.489. The third-order valence-corrected chi connectivity index (χ3v) is 4.02. The summed E-state index contributed by atoms with van der Waals surface area (Å²) in [6.07, 6.45) is -4.98. The number of ether oxygens (including phenoxy) is 1. The fourth-order valence-corrected chi connectivity index (χ4v) is 2.38. The first-order valence-electron chi connectivity index (χ1n) is 9.25. The average Bonchev–Trinajstić information content (AvgIpc) is 2.71. The van der Waals surface area contributed by atoms with Crippen LogP contribution in [-0.2, 0) is 22.3 Å². The lowest BCUT2D eigenvalue weighted by Crippen LogP contribution is -2.33. The highest BCUT2D eigenvalue weighted by atomic mass is 19.4. The van der Waals surface area contributed by atoms with E-state index in [1.165, 1.54) is 24.3 Å². The lowest BCUT2D eigenvalue weighted by molar-refractivity contribution is -0.138. The Morgan fingerprint density at radius 1 is 1.06 bits per heavy atom. The zero-order valence-corrected chi connectivity index (χ0v) is 16.3. The summed E-state index contributed by atoms with van der Waals surface area (Å²) in [7, 11) is 0. The Balaban J connectivity index is 1.60. The molecule has 0 saturated carbocycles. The molecular formula is C20H21F4N3O4. The Morgan fingerprint density at radius 3 is 2.39 bits per heavy atom. The van der Waals surface area contributed by atoms with Gasteiger partial charge in [0.05, 0.1) is 30.3 Å². The summed E-state index contributed by atoms with van der Waals surface area (Å²) in [5.74, 6) is -1.06. The Kier molecular flexibility index (Phi) is 8.74. The normalized spacial score (nSPS) is 12.2. The number of rotatable bonds is 10. The largest absolute Gasteiger partial charge is 0.484 e. The van der Waals surface area contributed by atoms with Crippen molar-refractivity contribution in [2.45, 2.75) is 31.7 Å². The van der Waals surface area contributed by atoms with E-state index in [0.29, 0.717) is 11.9 Å². The SMILES string of the molecule is O=C(COc1ccc(F)cc1)NCCC(O)CC(=O)NCc1ccc(C(F)(F)F)cn1. The van der Waals surface area contributed by atoms with Crippen molar-refractivity contribution in [2.75, 3.05) is 13.2 Å². The number of aliphatic hydroxyl groups excluding tert-OH is 1. The zero-order valence-electron chi connectivity index (χ0n) is 16.3. The van der Waals surface area contributed by atoms with Crippen LogP contribution < -0.4 is 15.4 Å². The Morgan fingerprint density at radius 2 is 1.77 bits per heavy atom. The smallest absolute Gasteiger partial charge is 0.417 e. The molecule has 2 amide bonds. The lowest BCUT2D eigenvalue weighted by Gasteiger charge is -2.12. The molecule has 11 heteroatoms. The third kappa shape index (κ3) is 8.99. The number of nitrogens with zero attached hydrogens (tertiary/aromatic N) is 1. The van der Waals surface area contributed by atoms with E-state index >= 15 is 0 Å². The molecule has 0 fully saturated rings. The molecule has 0 aliphatic rings. The summed E-state index contributed by atoms with van der Waals surface area (Å²) < 4.78 is 55.4. The van der Waals surface area contributed by atoms with Crippen molar-refractivity contribution in [3.63, 3.8) is 0 Å². The lowest BCUT2D eigenvalue weighted by atomic mass is 10.1. The van der Waals surface area contributed by atoms with E-state index in [-0.39, 0.29) is 38.2 Å². The molecule has 31 heavy (non-hydrogen) atoms. The molecule has 2 rings (SSSR count). The number of amides is 2. The van der Waals surface area contributed by atoms with Crippen molar-refractivity contribution < 1.29 is 37.0 Å². The van der Waals surface area contributed by atoms with Gasteiger partial charge in [-0.05, 0) is 42.8 Å². The molecule has 0 aliphatic carbocycles. The summed E-state index contributed by atoms with van der Waals surface area (Å²) in [4.78, 5) is 27.1. The van der Waals surface area contributed by atoms with Crippen molar-refractivity contribution >= 4 is 11.8 Å². The molecule has 1 heterocycles. The number of hydrogen-bond acceptors (Lipinski definition) is 5. The maximum Gasteiger partial charge on any atom is 0.417 e. The average molecular weight is 443 g/mol. The Hall–Kier alpha value is -3.21. The number of nitrogens with one attached hydrogen (secondary N) is 2. The zero-order chi connectivity index (χ0) is 22.9. The molecule has 0 saturated heterocycles. The van der Waals surface area contributed by atoms with Crippen LogP contribution in [0.15, 0.2) is 42.6 Å². The standard InChI is InChI=1S/C20H21F4N3O4/c21-14-2-5-17(6-3-14)31-12-19(30)25-8-7-16(28)9-18(29)27-11-15-4-1-13(10-26-15)20(22,23)24/h1-6,10,16,28H,7-9,11-12H2,(H,25,30)(H,27,29). The van der Waals surface area contributed by atoms with Gasteiger partial charge in [0, 0.05) is 12.7 Å². The van der Waals surface area contributed by atoms with E-state index in [1.807, 2.05) is 0 Å². The van der Waals surface area contributed by atoms with Gasteiger partial charge in [0.15, 0.2) is 6.61 Å². The van der Waals surface area contributed by atoms with E-state index in [0.717, 1.165) is 12.1 Å².